The molecule has 0 unspecified atom stereocenters. The van der Waals surface area contributed by atoms with Gasteiger partial charge in [0, 0.05) is 27.2 Å². The van der Waals surface area contributed by atoms with Crippen molar-refractivity contribution in [1.29, 1.82) is 0 Å². The summed E-state index contributed by atoms with van der Waals surface area (Å²) in [6, 6.07) is 0. The van der Waals surface area contributed by atoms with E-state index in [1.807, 2.05) is 11.8 Å². The Morgan fingerprint density at radius 2 is 1.95 bits per heavy atom. The van der Waals surface area contributed by atoms with Crippen molar-refractivity contribution in [3.05, 3.63) is 0 Å². The molecular weight excluding hydrogens is 272 g/mol. The molecule has 118 valence electrons. The van der Waals surface area contributed by atoms with Crippen molar-refractivity contribution >= 4 is 23.6 Å². The van der Waals surface area contributed by atoms with Crippen molar-refractivity contribution in [2.75, 3.05) is 45.7 Å². The smallest absolute Gasteiger partial charge is 0.243 e. The third kappa shape index (κ3) is 11.0. The zero-order valence-electron chi connectivity index (χ0n) is 13.5. The largest absolute Gasteiger partial charge is 0.356 e. The van der Waals surface area contributed by atoms with Crippen LogP contribution in [0.25, 0.3) is 0 Å². The van der Waals surface area contributed by atoms with Gasteiger partial charge in [0.25, 0.3) is 0 Å². The van der Waals surface area contributed by atoms with Gasteiger partial charge in [0.1, 0.15) is 6.54 Å². The maximum Gasteiger partial charge on any atom is 0.243 e. The molecular formula is C14H30N4OS. The normalized spacial score (nSPS) is 11.6. The lowest BCUT2D eigenvalue weighted by molar-refractivity contribution is -0.127. The van der Waals surface area contributed by atoms with Gasteiger partial charge in [0.05, 0.1) is 0 Å². The molecule has 0 aromatic heterocycles. The summed E-state index contributed by atoms with van der Waals surface area (Å²) in [5, 5.41) is 6.55. The molecule has 6 heteroatoms. The fourth-order valence-corrected chi connectivity index (χ4v) is 1.83. The van der Waals surface area contributed by atoms with E-state index in [4.69, 9.17) is 0 Å². The minimum absolute atomic E-state index is 0.0121. The second-order valence-corrected chi connectivity index (χ2v) is 6.34. The standard InChI is InChI=1S/C14H30N4OS/c1-12(2)10-16-14(15-8-6-7-9-20-5)17-11-13(19)18(3)4/h12H,6-11H2,1-5H3,(H2,15,16,17). The number of amides is 1. The van der Waals surface area contributed by atoms with Gasteiger partial charge in [0.15, 0.2) is 5.96 Å². The van der Waals surface area contributed by atoms with Crippen LogP contribution in [0.1, 0.15) is 26.7 Å². The van der Waals surface area contributed by atoms with Crippen LogP contribution in [0.2, 0.25) is 0 Å². The minimum Gasteiger partial charge on any atom is -0.356 e. The van der Waals surface area contributed by atoms with E-state index in [9.17, 15) is 4.79 Å². The molecule has 0 radical (unpaired) electrons. The number of nitrogens with zero attached hydrogens (tertiary/aromatic N) is 2. The molecule has 0 rings (SSSR count). The predicted octanol–water partition coefficient (Wildman–Crippen LogP) is 1.41. The molecule has 0 fully saturated rings. The summed E-state index contributed by atoms with van der Waals surface area (Å²) in [6.07, 6.45) is 4.43. The Bertz CT molecular complexity index is 293. The molecule has 0 heterocycles. The zero-order valence-corrected chi connectivity index (χ0v) is 14.3. The SMILES string of the molecule is CSCCCCNC(=NCC(=O)N(C)C)NCC(C)C. The fourth-order valence-electron chi connectivity index (χ4n) is 1.34. The highest BCUT2D eigenvalue weighted by Crippen LogP contribution is 1.97. The van der Waals surface area contributed by atoms with Crippen LogP contribution in [0.15, 0.2) is 4.99 Å². The maximum absolute atomic E-state index is 11.6. The fraction of sp³-hybridized carbons (Fsp3) is 0.857. The zero-order chi connectivity index (χ0) is 15.4. The van der Waals surface area contributed by atoms with Crippen LogP contribution in [0.5, 0.6) is 0 Å². The molecule has 0 aliphatic carbocycles. The molecule has 0 saturated carbocycles. The van der Waals surface area contributed by atoms with Crippen LogP contribution in [-0.2, 0) is 4.79 Å². The van der Waals surface area contributed by atoms with Gasteiger partial charge >= 0.3 is 0 Å². The minimum atomic E-state index is 0.0121. The van der Waals surface area contributed by atoms with E-state index in [-0.39, 0.29) is 12.5 Å². The first kappa shape index (κ1) is 19.1. The van der Waals surface area contributed by atoms with Gasteiger partial charge in [0.2, 0.25) is 5.91 Å². The molecule has 5 nitrogen and oxygen atoms in total. The molecule has 0 aliphatic rings. The predicted molar refractivity (Wildman–Crippen MR) is 89.5 cm³/mol. The van der Waals surface area contributed by atoms with Gasteiger partial charge in [-0.05, 0) is 30.8 Å². The van der Waals surface area contributed by atoms with Gasteiger partial charge in [-0.2, -0.15) is 11.8 Å². The number of carbonyl (C=O) groups excluding carboxylic acids is 1. The van der Waals surface area contributed by atoms with Gasteiger partial charge < -0.3 is 15.5 Å². The molecule has 0 spiro atoms. The van der Waals surface area contributed by atoms with Crippen molar-refractivity contribution in [3.63, 3.8) is 0 Å². The molecule has 0 saturated heterocycles. The first-order valence-corrected chi connectivity index (χ1v) is 8.58. The van der Waals surface area contributed by atoms with Crippen LogP contribution in [0, 0.1) is 5.92 Å². The molecule has 0 aromatic carbocycles. The number of rotatable bonds is 9. The summed E-state index contributed by atoms with van der Waals surface area (Å²) < 4.78 is 0. The Morgan fingerprint density at radius 1 is 1.25 bits per heavy atom. The Kier molecular flexibility index (Phi) is 11.3. The lowest BCUT2D eigenvalue weighted by Gasteiger charge is -2.15. The van der Waals surface area contributed by atoms with E-state index in [2.05, 4.69) is 35.7 Å². The summed E-state index contributed by atoms with van der Waals surface area (Å²) in [5.41, 5.74) is 0. The Hall–Kier alpha value is -0.910. The molecule has 20 heavy (non-hydrogen) atoms. The number of thioether (sulfide) groups is 1. The number of nitrogens with one attached hydrogen (secondary N) is 2. The van der Waals surface area contributed by atoms with E-state index >= 15 is 0 Å². The Balaban J connectivity index is 4.18. The van der Waals surface area contributed by atoms with Gasteiger partial charge in [-0.25, -0.2) is 4.99 Å². The quantitative estimate of drug-likeness (QED) is 0.384. The number of hydrogen-bond acceptors (Lipinski definition) is 3. The third-order valence-electron chi connectivity index (χ3n) is 2.62. The lowest BCUT2D eigenvalue weighted by Crippen LogP contribution is -2.40. The summed E-state index contributed by atoms with van der Waals surface area (Å²) in [6.45, 7) is 6.22. The van der Waals surface area contributed by atoms with Crippen LogP contribution in [-0.4, -0.2) is 62.5 Å². The van der Waals surface area contributed by atoms with E-state index in [0.717, 1.165) is 25.5 Å². The Morgan fingerprint density at radius 3 is 2.50 bits per heavy atom. The number of aliphatic imine (C=N–C) groups is 1. The molecule has 0 aromatic rings. The average molecular weight is 302 g/mol. The highest BCUT2D eigenvalue weighted by molar-refractivity contribution is 7.98. The van der Waals surface area contributed by atoms with Crippen molar-refractivity contribution in [3.8, 4) is 0 Å². The van der Waals surface area contributed by atoms with Gasteiger partial charge in [-0.15, -0.1) is 0 Å². The highest BCUT2D eigenvalue weighted by atomic mass is 32.2. The topological polar surface area (TPSA) is 56.7 Å². The van der Waals surface area contributed by atoms with E-state index in [0.29, 0.717) is 5.92 Å². The van der Waals surface area contributed by atoms with Crippen LogP contribution >= 0.6 is 11.8 Å². The molecule has 1 amide bonds. The van der Waals surface area contributed by atoms with E-state index < -0.39 is 0 Å². The molecule has 0 atom stereocenters. The molecule has 2 N–H and O–H groups in total. The van der Waals surface area contributed by atoms with Crippen molar-refractivity contribution < 1.29 is 4.79 Å². The number of hydrogen-bond donors (Lipinski definition) is 2. The van der Waals surface area contributed by atoms with Crippen molar-refractivity contribution in [1.82, 2.24) is 15.5 Å². The number of likely N-dealkylation sites (N-methyl/N-ethyl adjacent to an activating group) is 1. The third-order valence-corrected chi connectivity index (χ3v) is 3.31. The van der Waals surface area contributed by atoms with Crippen LogP contribution < -0.4 is 10.6 Å². The van der Waals surface area contributed by atoms with Crippen LogP contribution in [0.3, 0.4) is 0 Å². The first-order chi connectivity index (χ1) is 9.47. The Labute approximate surface area is 128 Å². The second-order valence-electron chi connectivity index (χ2n) is 5.35. The monoisotopic (exact) mass is 302 g/mol. The summed E-state index contributed by atoms with van der Waals surface area (Å²) in [7, 11) is 3.49. The van der Waals surface area contributed by atoms with Gasteiger partial charge in [-0.1, -0.05) is 13.8 Å². The van der Waals surface area contributed by atoms with Gasteiger partial charge in [-0.3, -0.25) is 4.79 Å². The summed E-state index contributed by atoms with van der Waals surface area (Å²) in [4.78, 5) is 17.5. The van der Waals surface area contributed by atoms with E-state index in [1.54, 1.807) is 19.0 Å². The van der Waals surface area contributed by atoms with Crippen molar-refractivity contribution in [2.24, 2.45) is 10.9 Å². The summed E-state index contributed by atoms with van der Waals surface area (Å²) in [5.74, 6) is 2.48. The first-order valence-electron chi connectivity index (χ1n) is 7.18. The number of unbranched alkanes of at least 4 members (excludes halogenated alkanes) is 1. The lowest BCUT2D eigenvalue weighted by atomic mass is 10.2. The van der Waals surface area contributed by atoms with Crippen LogP contribution in [0.4, 0.5) is 0 Å². The van der Waals surface area contributed by atoms with Crippen molar-refractivity contribution in [2.45, 2.75) is 26.7 Å². The average Bonchev–Trinajstić information content (AvgIpc) is 2.39. The maximum atomic E-state index is 11.6. The van der Waals surface area contributed by atoms with E-state index in [1.165, 1.54) is 12.2 Å². The molecule has 0 bridgehead atoms. The summed E-state index contributed by atoms with van der Waals surface area (Å²) >= 11 is 1.87. The molecule has 0 aliphatic heterocycles. The highest BCUT2D eigenvalue weighted by Gasteiger charge is 2.04. The number of carbonyl (C=O) groups is 1. The second kappa shape index (κ2) is 11.9. The number of guanidine groups is 1.